The molecule has 0 fully saturated rings. The molecule has 3 heteroatoms. The van der Waals surface area contributed by atoms with Gasteiger partial charge in [-0.25, -0.2) is 0 Å². The van der Waals surface area contributed by atoms with Crippen LogP contribution in [0.4, 0.5) is 5.69 Å². The molecule has 0 atom stereocenters. The fraction of sp³-hybridized carbons (Fsp3) is 0.500. The predicted molar refractivity (Wildman–Crippen MR) is 70.1 cm³/mol. The van der Waals surface area contributed by atoms with Gasteiger partial charge in [-0.1, -0.05) is 13.3 Å². The second-order valence-electron chi connectivity index (χ2n) is 4.03. The lowest BCUT2D eigenvalue weighted by Crippen LogP contribution is -2.10. The van der Waals surface area contributed by atoms with Crippen LogP contribution in [0.15, 0.2) is 18.2 Å². The Morgan fingerprint density at radius 1 is 1.35 bits per heavy atom. The lowest BCUT2D eigenvalue weighted by atomic mass is 10.1. The van der Waals surface area contributed by atoms with Gasteiger partial charge >= 0.3 is 0 Å². The summed E-state index contributed by atoms with van der Waals surface area (Å²) in [4.78, 5) is 0. The number of benzene rings is 1. The van der Waals surface area contributed by atoms with E-state index in [1.165, 1.54) is 6.42 Å². The zero-order chi connectivity index (χ0) is 12.5. The monoisotopic (exact) mass is 232 g/mol. The maximum absolute atomic E-state index is 8.76. The summed E-state index contributed by atoms with van der Waals surface area (Å²) in [5.41, 5.74) is 2.87. The first-order chi connectivity index (χ1) is 8.27. The van der Waals surface area contributed by atoms with Crippen LogP contribution in [-0.4, -0.2) is 19.8 Å². The van der Waals surface area contributed by atoms with Crippen LogP contribution in [0, 0.1) is 18.3 Å². The number of hydrogen-bond acceptors (Lipinski definition) is 3. The molecule has 0 saturated heterocycles. The molecule has 0 aliphatic carbocycles. The Labute approximate surface area is 103 Å². The third kappa shape index (κ3) is 4.88. The van der Waals surface area contributed by atoms with Crippen molar-refractivity contribution < 1.29 is 4.74 Å². The average molecular weight is 232 g/mol. The van der Waals surface area contributed by atoms with Crippen LogP contribution in [0.2, 0.25) is 0 Å². The molecule has 0 bridgehead atoms. The summed E-state index contributed by atoms with van der Waals surface area (Å²) in [5, 5.41) is 12.1. The maximum atomic E-state index is 8.76. The molecule has 0 heterocycles. The first-order valence-corrected chi connectivity index (χ1v) is 6.10. The molecule has 1 aromatic rings. The molecule has 0 saturated carbocycles. The van der Waals surface area contributed by atoms with E-state index < -0.39 is 0 Å². The smallest absolute Gasteiger partial charge is 0.0991 e. The maximum Gasteiger partial charge on any atom is 0.0991 e. The lowest BCUT2D eigenvalue weighted by molar-refractivity contribution is 0.141. The Bertz CT molecular complexity index is 382. The quantitative estimate of drug-likeness (QED) is 0.735. The normalized spacial score (nSPS) is 9.94. The van der Waals surface area contributed by atoms with E-state index in [9.17, 15) is 0 Å². The van der Waals surface area contributed by atoms with Crippen molar-refractivity contribution in [2.45, 2.75) is 26.7 Å². The molecule has 3 nitrogen and oxygen atoms in total. The summed E-state index contributed by atoms with van der Waals surface area (Å²) >= 11 is 0. The summed E-state index contributed by atoms with van der Waals surface area (Å²) in [6, 6.07) is 7.79. The van der Waals surface area contributed by atoms with Crippen LogP contribution in [0.1, 0.15) is 30.9 Å². The largest absolute Gasteiger partial charge is 0.383 e. The van der Waals surface area contributed by atoms with Crippen molar-refractivity contribution in [2.75, 3.05) is 25.1 Å². The molecule has 0 aromatic heterocycles. The van der Waals surface area contributed by atoms with Crippen molar-refractivity contribution in [1.82, 2.24) is 0 Å². The standard InChI is InChI=1S/C14H20N2O/c1-3-4-8-17-9-7-16-14-6-5-13(11-15)10-12(14)2/h5-6,10,16H,3-4,7-9H2,1-2H3. The molecule has 1 aromatic carbocycles. The minimum atomic E-state index is 0.701. The van der Waals surface area contributed by atoms with Gasteiger partial charge in [0.25, 0.3) is 0 Å². The van der Waals surface area contributed by atoms with Crippen molar-refractivity contribution in [3.05, 3.63) is 29.3 Å². The summed E-state index contributed by atoms with van der Waals surface area (Å²) in [6.07, 6.45) is 2.29. The van der Waals surface area contributed by atoms with E-state index in [2.05, 4.69) is 18.3 Å². The highest BCUT2D eigenvalue weighted by Crippen LogP contribution is 2.15. The molecule has 17 heavy (non-hydrogen) atoms. The zero-order valence-electron chi connectivity index (χ0n) is 10.6. The van der Waals surface area contributed by atoms with Gasteiger partial charge < -0.3 is 10.1 Å². The highest BCUT2D eigenvalue weighted by atomic mass is 16.5. The Morgan fingerprint density at radius 3 is 2.82 bits per heavy atom. The third-order valence-electron chi connectivity index (χ3n) is 2.56. The average Bonchev–Trinajstić information content (AvgIpc) is 2.35. The van der Waals surface area contributed by atoms with Crippen LogP contribution in [-0.2, 0) is 4.74 Å². The van der Waals surface area contributed by atoms with E-state index in [0.717, 1.165) is 37.4 Å². The second kappa shape index (κ2) is 7.70. The van der Waals surface area contributed by atoms with Gasteiger partial charge in [-0.15, -0.1) is 0 Å². The fourth-order valence-corrected chi connectivity index (χ4v) is 1.54. The highest BCUT2D eigenvalue weighted by molar-refractivity contribution is 5.53. The van der Waals surface area contributed by atoms with E-state index in [4.69, 9.17) is 10.00 Å². The van der Waals surface area contributed by atoms with Crippen LogP contribution in [0.25, 0.3) is 0 Å². The first kappa shape index (κ1) is 13.5. The van der Waals surface area contributed by atoms with Crippen molar-refractivity contribution in [1.29, 1.82) is 5.26 Å². The molecule has 0 spiro atoms. The Balaban J connectivity index is 2.30. The summed E-state index contributed by atoms with van der Waals surface area (Å²) < 4.78 is 5.47. The van der Waals surface area contributed by atoms with Gasteiger partial charge in [0.05, 0.1) is 18.2 Å². The molecular weight excluding hydrogens is 212 g/mol. The van der Waals surface area contributed by atoms with Crippen LogP contribution in [0.3, 0.4) is 0 Å². The van der Waals surface area contributed by atoms with Gasteiger partial charge in [-0.05, 0) is 37.1 Å². The van der Waals surface area contributed by atoms with Gasteiger partial charge in [0.1, 0.15) is 0 Å². The highest BCUT2D eigenvalue weighted by Gasteiger charge is 1.98. The van der Waals surface area contributed by atoms with Crippen LogP contribution < -0.4 is 5.32 Å². The van der Waals surface area contributed by atoms with Crippen LogP contribution >= 0.6 is 0 Å². The van der Waals surface area contributed by atoms with E-state index >= 15 is 0 Å². The predicted octanol–water partition coefficient (Wildman–Crippen LogP) is 3.10. The van der Waals surface area contributed by atoms with E-state index in [0.29, 0.717) is 5.56 Å². The molecule has 92 valence electrons. The number of anilines is 1. The Morgan fingerprint density at radius 2 is 2.18 bits per heavy atom. The summed E-state index contributed by atoms with van der Waals surface area (Å²) in [7, 11) is 0. The molecular formula is C14H20N2O. The van der Waals surface area contributed by atoms with E-state index in [1.807, 2.05) is 25.1 Å². The molecule has 0 unspecified atom stereocenters. The van der Waals surface area contributed by atoms with Crippen molar-refractivity contribution >= 4 is 5.69 Å². The summed E-state index contributed by atoms with van der Waals surface area (Å²) in [6.45, 7) is 6.52. The molecule has 1 rings (SSSR count). The number of hydrogen-bond donors (Lipinski definition) is 1. The number of rotatable bonds is 7. The minimum Gasteiger partial charge on any atom is -0.383 e. The number of unbranched alkanes of at least 4 members (excludes halogenated alkanes) is 1. The van der Waals surface area contributed by atoms with Crippen molar-refractivity contribution in [3.63, 3.8) is 0 Å². The molecule has 1 N–H and O–H groups in total. The first-order valence-electron chi connectivity index (χ1n) is 6.10. The molecule has 0 aliphatic heterocycles. The molecule has 0 amide bonds. The van der Waals surface area contributed by atoms with Crippen molar-refractivity contribution in [3.8, 4) is 6.07 Å². The van der Waals surface area contributed by atoms with Gasteiger partial charge in [0.2, 0.25) is 0 Å². The van der Waals surface area contributed by atoms with Gasteiger partial charge in [0, 0.05) is 18.8 Å². The zero-order valence-corrected chi connectivity index (χ0v) is 10.6. The van der Waals surface area contributed by atoms with Gasteiger partial charge in [0.15, 0.2) is 0 Å². The Kier molecular flexibility index (Phi) is 6.13. The SMILES string of the molecule is CCCCOCCNc1ccc(C#N)cc1C. The van der Waals surface area contributed by atoms with E-state index in [1.54, 1.807) is 0 Å². The third-order valence-corrected chi connectivity index (χ3v) is 2.56. The molecule has 0 aliphatic rings. The molecule has 0 radical (unpaired) electrons. The van der Waals surface area contributed by atoms with Gasteiger partial charge in [-0.2, -0.15) is 5.26 Å². The topological polar surface area (TPSA) is 45.0 Å². The minimum absolute atomic E-state index is 0.701. The van der Waals surface area contributed by atoms with Crippen molar-refractivity contribution in [2.24, 2.45) is 0 Å². The second-order valence-corrected chi connectivity index (χ2v) is 4.03. The number of nitrogens with one attached hydrogen (secondary N) is 1. The number of nitrogens with zero attached hydrogens (tertiary/aromatic N) is 1. The van der Waals surface area contributed by atoms with Crippen LogP contribution in [0.5, 0.6) is 0 Å². The fourth-order valence-electron chi connectivity index (χ4n) is 1.54. The lowest BCUT2D eigenvalue weighted by Gasteiger charge is -2.10. The number of ether oxygens (including phenoxy) is 1. The van der Waals surface area contributed by atoms with Gasteiger partial charge in [-0.3, -0.25) is 0 Å². The number of aryl methyl sites for hydroxylation is 1. The Hall–Kier alpha value is -1.53. The van der Waals surface area contributed by atoms with E-state index in [-0.39, 0.29) is 0 Å². The summed E-state index contributed by atoms with van der Waals surface area (Å²) in [5.74, 6) is 0. The number of nitriles is 1.